The topological polar surface area (TPSA) is 123 Å². The van der Waals surface area contributed by atoms with Crippen LogP contribution in [0.5, 0.6) is 5.75 Å². The molecule has 0 spiro atoms. The molecular weight excluding hydrogens is 464 g/mol. The number of piperidine rings is 1. The molecule has 192 valence electrons. The van der Waals surface area contributed by atoms with Gasteiger partial charge in [0.25, 0.3) is 0 Å². The second-order valence-electron chi connectivity index (χ2n) is 9.48. The number of hydroxylamine groups is 1. The van der Waals surface area contributed by atoms with Gasteiger partial charge < -0.3 is 19.6 Å². The summed E-state index contributed by atoms with van der Waals surface area (Å²) < 4.78 is 6.02. The highest BCUT2D eigenvalue weighted by Crippen LogP contribution is 2.38. The maximum absolute atomic E-state index is 13.9. The molecule has 0 bridgehead atoms. The number of rotatable bonds is 5. The number of amides is 3. The molecule has 3 atom stereocenters. The first kappa shape index (κ1) is 25.3. The van der Waals surface area contributed by atoms with Crippen molar-refractivity contribution in [3.8, 4) is 5.75 Å². The molecule has 0 aromatic heterocycles. The molecule has 2 saturated heterocycles. The Labute approximate surface area is 210 Å². The second-order valence-corrected chi connectivity index (χ2v) is 9.48. The molecule has 10 heteroatoms. The number of benzene rings is 2. The van der Waals surface area contributed by atoms with Crippen molar-refractivity contribution in [3.63, 3.8) is 0 Å². The predicted molar refractivity (Wildman–Crippen MR) is 132 cm³/mol. The Morgan fingerprint density at radius 2 is 1.72 bits per heavy atom. The Morgan fingerprint density at radius 3 is 2.33 bits per heavy atom. The smallest absolute Gasteiger partial charge is 0.408 e. The molecule has 3 amide bonds. The molecule has 0 unspecified atom stereocenters. The van der Waals surface area contributed by atoms with Crippen LogP contribution in [0.2, 0.25) is 0 Å². The van der Waals surface area contributed by atoms with E-state index in [1.165, 1.54) is 6.92 Å². The van der Waals surface area contributed by atoms with Crippen molar-refractivity contribution in [1.29, 1.82) is 0 Å². The van der Waals surface area contributed by atoms with Gasteiger partial charge in [-0.3, -0.25) is 19.7 Å². The van der Waals surface area contributed by atoms with Gasteiger partial charge in [0.05, 0.1) is 12.5 Å². The van der Waals surface area contributed by atoms with Crippen LogP contribution < -0.4 is 15.1 Å². The van der Waals surface area contributed by atoms with E-state index in [1.807, 2.05) is 55.5 Å². The first-order valence-corrected chi connectivity index (χ1v) is 12.0. The third-order valence-electron chi connectivity index (χ3n) is 7.20. The number of hydrogen-bond donors (Lipinski definition) is 3. The summed E-state index contributed by atoms with van der Waals surface area (Å²) in [6.07, 6.45) is -1.95. The number of anilines is 1. The van der Waals surface area contributed by atoms with E-state index in [2.05, 4.69) is 4.90 Å². The van der Waals surface area contributed by atoms with Crippen LogP contribution in [-0.2, 0) is 9.59 Å². The molecule has 2 aliphatic rings. The van der Waals surface area contributed by atoms with Gasteiger partial charge in [-0.25, -0.2) is 10.3 Å². The largest absolute Gasteiger partial charge is 0.489 e. The molecule has 2 aromatic rings. The second kappa shape index (κ2) is 10.4. The molecule has 4 rings (SSSR count). The van der Waals surface area contributed by atoms with Gasteiger partial charge in [-0.05, 0) is 43.7 Å². The van der Waals surface area contributed by atoms with Crippen LogP contribution >= 0.6 is 0 Å². The van der Waals surface area contributed by atoms with Crippen molar-refractivity contribution in [2.24, 2.45) is 5.92 Å². The van der Waals surface area contributed by atoms with Crippen molar-refractivity contribution >= 4 is 23.6 Å². The number of piperazine rings is 1. The van der Waals surface area contributed by atoms with E-state index in [-0.39, 0.29) is 13.0 Å². The van der Waals surface area contributed by atoms with Crippen molar-refractivity contribution < 1.29 is 29.4 Å². The van der Waals surface area contributed by atoms with Crippen molar-refractivity contribution in [1.82, 2.24) is 15.3 Å². The number of para-hydroxylation sites is 1. The summed E-state index contributed by atoms with van der Waals surface area (Å²) in [7, 11) is 0. The third kappa shape index (κ3) is 4.94. The highest BCUT2D eigenvalue weighted by molar-refractivity contribution is 5.96. The number of aryl methyl sites for hydroxylation is 1. The van der Waals surface area contributed by atoms with Crippen molar-refractivity contribution in [2.75, 3.05) is 37.6 Å². The Morgan fingerprint density at radius 1 is 1.03 bits per heavy atom. The fraction of sp³-hybridized carbons (Fsp3) is 0.423. The summed E-state index contributed by atoms with van der Waals surface area (Å²) in [6.45, 7) is 5.21. The lowest BCUT2D eigenvalue weighted by atomic mass is 9.75. The van der Waals surface area contributed by atoms with Crippen LogP contribution in [0.3, 0.4) is 0 Å². The van der Waals surface area contributed by atoms with Gasteiger partial charge in [-0.15, -0.1) is 0 Å². The van der Waals surface area contributed by atoms with E-state index < -0.39 is 35.5 Å². The fourth-order valence-corrected chi connectivity index (χ4v) is 5.22. The molecule has 0 aliphatic carbocycles. The molecule has 0 radical (unpaired) electrons. The number of carbonyl (C=O) groups excluding carboxylic acids is 2. The number of carbonyl (C=O) groups is 3. The van der Waals surface area contributed by atoms with E-state index in [9.17, 15) is 24.7 Å². The van der Waals surface area contributed by atoms with Crippen LogP contribution in [0, 0.1) is 12.8 Å². The summed E-state index contributed by atoms with van der Waals surface area (Å²) in [5.74, 6) is -1.89. The fourth-order valence-electron chi connectivity index (χ4n) is 5.22. The lowest BCUT2D eigenvalue weighted by Gasteiger charge is -2.51. The normalized spacial score (nSPS) is 24.2. The van der Waals surface area contributed by atoms with Crippen LogP contribution in [0.25, 0.3) is 0 Å². The zero-order valence-corrected chi connectivity index (χ0v) is 20.5. The van der Waals surface area contributed by atoms with Gasteiger partial charge in [-0.1, -0.05) is 30.3 Å². The molecule has 2 aromatic carbocycles. The number of carboxylic acid groups (broad SMARTS) is 1. The highest BCUT2D eigenvalue weighted by atomic mass is 16.5. The molecule has 10 nitrogen and oxygen atoms in total. The minimum absolute atomic E-state index is 0.0658. The lowest BCUT2D eigenvalue weighted by molar-refractivity contribution is -0.161. The van der Waals surface area contributed by atoms with E-state index in [0.717, 1.165) is 16.2 Å². The maximum atomic E-state index is 13.9. The minimum Gasteiger partial charge on any atom is -0.489 e. The molecule has 36 heavy (non-hydrogen) atoms. The molecule has 0 saturated carbocycles. The SMILES string of the molecule is Cc1cccc(O[C@H]2C[C@H](C(=O)NO)[C@@](C)(C(=O)N3CCN(c4ccccc4)CC3)N(C(=O)O)C2)c1. The Kier molecular flexibility index (Phi) is 7.35. The average Bonchev–Trinajstić information content (AvgIpc) is 2.89. The summed E-state index contributed by atoms with van der Waals surface area (Å²) in [6, 6.07) is 17.2. The average molecular weight is 497 g/mol. The van der Waals surface area contributed by atoms with Gasteiger partial charge >= 0.3 is 6.09 Å². The number of hydrogen-bond acceptors (Lipinski definition) is 6. The van der Waals surface area contributed by atoms with Crippen LogP contribution in [-0.4, -0.2) is 82.4 Å². The number of likely N-dealkylation sites (tertiary alicyclic amines) is 1. The van der Waals surface area contributed by atoms with Gasteiger partial charge in [0.1, 0.15) is 17.4 Å². The van der Waals surface area contributed by atoms with Gasteiger partial charge in [0, 0.05) is 38.3 Å². The molecule has 2 aliphatic heterocycles. The Bertz CT molecular complexity index is 1100. The van der Waals surface area contributed by atoms with Crippen LogP contribution in [0.4, 0.5) is 10.5 Å². The van der Waals surface area contributed by atoms with Gasteiger partial charge in [0.15, 0.2) is 0 Å². The van der Waals surface area contributed by atoms with Gasteiger partial charge in [-0.2, -0.15) is 0 Å². The Balaban J connectivity index is 1.56. The van der Waals surface area contributed by atoms with Crippen molar-refractivity contribution in [3.05, 3.63) is 60.2 Å². The first-order valence-electron chi connectivity index (χ1n) is 12.0. The highest BCUT2D eigenvalue weighted by Gasteiger charge is 2.57. The monoisotopic (exact) mass is 496 g/mol. The predicted octanol–water partition coefficient (Wildman–Crippen LogP) is 2.36. The quantitative estimate of drug-likeness (QED) is 0.429. The standard InChI is InChI=1S/C26H32N4O6/c1-18-7-6-10-20(15-18)36-21-16-22(23(31)27-35)26(2,30(17-21)25(33)34)24(32)29-13-11-28(12-14-29)19-8-4-3-5-9-19/h3-10,15,21-22,35H,11-14,16-17H2,1-2H3,(H,27,31)(H,33,34)/t21-,22+,26-/m0/s1. The van der Waals surface area contributed by atoms with E-state index in [0.29, 0.717) is 31.9 Å². The van der Waals surface area contributed by atoms with Crippen LogP contribution in [0.15, 0.2) is 54.6 Å². The van der Waals surface area contributed by atoms with Crippen molar-refractivity contribution in [2.45, 2.75) is 31.9 Å². The maximum Gasteiger partial charge on any atom is 0.408 e. The summed E-state index contributed by atoms with van der Waals surface area (Å²) >= 11 is 0. The zero-order chi connectivity index (χ0) is 25.9. The number of nitrogens with zero attached hydrogens (tertiary/aromatic N) is 3. The first-order chi connectivity index (χ1) is 17.2. The molecule has 2 fully saturated rings. The Hall–Kier alpha value is -3.79. The van der Waals surface area contributed by atoms with Gasteiger partial charge in [0.2, 0.25) is 11.8 Å². The molecule has 2 heterocycles. The third-order valence-corrected chi connectivity index (χ3v) is 7.20. The molecule has 3 N–H and O–H groups in total. The molecular formula is C26H32N4O6. The van der Waals surface area contributed by atoms with E-state index >= 15 is 0 Å². The minimum atomic E-state index is -1.71. The summed E-state index contributed by atoms with van der Waals surface area (Å²) in [5, 5.41) is 19.6. The van der Waals surface area contributed by atoms with E-state index in [1.54, 1.807) is 16.4 Å². The summed E-state index contributed by atoms with van der Waals surface area (Å²) in [5.41, 5.74) is 1.95. The zero-order valence-electron chi connectivity index (χ0n) is 20.5. The number of ether oxygens (including phenoxy) is 1. The lowest BCUT2D eigenvalue weighted by Crippen LogP contribution is -2.71. The summed E-state index contributed by atoms with van der Waals surface area (Å²) in [4.78, 5) is 43.8. The van der Waals surface area contributed by atoms with E-state index in [4.69, 9.17) is 4.74 Å². The number of nitrogens with one attached hydrogen (secondary N) is 1. The van der Waals surface area contributed by atoms with Crippen LogP contribution in [0.1, 0.15) is 18.9 Å².